The van der Waals surface area contributed by atoms with Crippen LogP contribution in [-0.4, -0.2) is 18.1 Å². The van der Waals surface area contributed by atoms with Gasteiger partial charge in [0.25, 0.3) is 0 Å². The Balaban J connectivity index is 2.14. The second-order valence-corrected chi connectivity index (χ2v) is 8.12. The minimum atomic E-state index is -3.75. The van der Waals surface area contributed by atoms with E-state index < -0.39 is 18.9 Å². The molecule has 0 saturated heterocycles. The fourth-order valence-electron chi connectivity index (χ4n) is 2.05. The first-order valence-electron chi connectivity index (χ1n) is 7.24. The molecule has 7 heteroatoms. The van der Waals surface area contributed by atoms with E-state index in [1.807, 2.05) is 30.3 Å². The van der Waals surface area contributed by atoms with Crippen molar-refractivity contribution in [1.82, 2.24) is 5.09 Å². The zero-order chi connectivity index (χ0) is 17.0. The van der Waals surface area contributed by atoms with Crippen molar-refractivity contribution < 1.29 is 18.6 Å². The second kappa shape index (κ2) is 7.35. The van der Waals surface area contributed by atoms with E-state index in [4.69, 9.17) is 20.5 Å². The van der Waals surface area contributed by atoms with Crippen molar-refractivity contribution in [2.75, 3.05) is 0 Å². The summed E-state index contributed by atoms with van der Waals surface area (Å²) in [7, 11) is 0. The zero-order valence-corrected chi connectivity index (χ0v) is 14.8. The number of ether oxygens (including phenoxy) is 1. The number of esters is 1. The van der Waals surface area contributed by atoms with Crippen molar-refractivity contribution in [3.8, 4) is 5.75 Å². The van der Waals surface area contributed by atoms with Crippen LogP contribution in [0.1, 0.15) is 20.8 Å². The topological polar surface area (TPSA) is 64.6 Å². The molecule has 0 spiro atoms. The molecule has 2 aromatic rings. The van der Waals surface area contributed by atoms with Crippen LogP contribution in [0, 0.1) is 0 Å². The molecule has 0 aliphatic carbocycles. The van der Waals surface area contributed by atoms with Crippen molar-refractivity contribution in [2.45, 2.75) is 32.9 Å². The average molecular weight is 356 g/mol. The molecule has 23 heavy (non-hydrogen) atoms. The van der Waals surface area contributed by atoms with E-state index in [1.165, 1.54) is 6.92 Å². The van der Waals surface area contributed by atoms with Gasteiger partial charge in [-0.1, -0.05) is 36.4 Å². The smallest absolute Gasteiger partial charge is 0.409 e. The Morgan fingerprint density at radius 3 is 2.48 bits per heavy atom. The minimum absolute atomic E-state index is 0.263. The highest BCUT2D eigenvalue weighted by atomic mass is 35.7. The van der Waals surface area contributed by atoms with Gasteiger partial charge in [0.05, 0.1) is 6.10 Å². The van der Waals surface area contributed by atoms with Crippen LogP contribution < -0.4 is 9.61 Å². The summed E-state index contributed by atoms with van der Waals surface area (Å²) in [4.78, 5) is 11.8. The lowest BCUT2D eigenvalue weighted by molar-refractivity contribution is -0.148. The Morgan fingerprint density at radius 2 is 1.78 bits per heavy atom. The number of halogens is 1. The van der Waals surface area contributed by atoms with E-state index in [-0.39, 0.29) is 6.10 Å². The maximum Gasteiger partial charge on any atom is 0.409 e. The molecule has 0 amide bonds. The quantitative estimate of drug-likeness (QED) is 0.610. The van der Waals surface area contributed by atoms with Crippen LogP contribution in [0.25, 0.3) is 10.8 Å². The molecule has 0 fully saturated rings. The number of rotatable bonds is 6. The number of carbonyl (C=O) groups excluding carboxylic acids is 1. The molecule has 0 radical (unpaired) electrons. The predicted molar refractivity (Wildman–Crippen MR) is 91.9 cm³/mol. The molecule has 0 heterocycles. The molecule has 2 rings (SSSR count). The summed E-state index contributed by atoms with van der Waals surface area (Å²) in [6, 6.07) is 12.0. The summed E-state index contributed by atoms with van der Waals surface area (Å²) < 4.78 is 22.9. The molecule has 2 unspecified atom stereocenters. The van der Waals surface area contributed by atoms with Crippen LogP contribution in [0.4, 0.5) is 0 Å². The molecule has 124 valence electrons. The maximum atomic E-state index is 12.5. The van der Waals surface area contributed by atoms with Gasteiger partial charge in [0.15, 0.2) is 0 Å². The SMILES string of the molecule is CC(C)OC(=O)C(C)NP(=O)(Cl)Oc1cccc2ccccc12. The number of fused-ring (bicyclic) bond motifs is 1. The first-order valence-corrected chi connectivity index (χ1v) is 9.77. The fraction of sp³-hybridized carbons (Fsp3) is 0.312. The highest BCUT2D eigenvalue weighted by Gasteiger charge is 2.28. The standard InChI is InChI=1S/C16H19ClNO4P/c1-11(2)21-16(19)12(3)18-23(17,20)22-15-10-6-8-13-7-4-5-9-14(13)15/h4-12H,1-3H3,(H,18,20). The van der Waals surface area contributed by atoms with Crippen molar-refractivity contribution in [3.05, 3.63) is 42.5 Å². The lowest BCUT2D eigenvalue weighted by Crippen LogP contribution is -2.34. The van der Waals surface area contributed by atoms with Gasteiger partial charge >= 0.3 is 12.8 Å². The number of hydrogen-bond acceptors (Lipinski definition) is 4. The molecule has 0 saturated carbocycles. The van der Waals surface area contributed by atoms with Crippen LogP contribution >= 0.6 is 18.1 Å². The largest absolute Gasteiger partial charge is 0.462 e. The maximum absolute atomic E-state index is 12.5. The van der Waals surface area contributed by atoms with E-state index in [9.17, 15) is 9.36 Å². The average Bonchev–Trinajstić information content (AvgIpc) is 2.46. The molecular weight excluding hydrogens is 337 g/mol. The first kappa shape index (κ1) is 17.8. The van der Waals surface area contributed by atoms with E-state index in [0.717, 1.165) is 10.8 Å². The van der Waals surface area contributed by atoms with Gasteiger partial charge in [-0.25, -0.2) is 9.65 Å². The van der Waals surface area contributed by atoms with Crippen LogP contribution in [0.15, 0.2) is 42.5 Å². The zero-order valence-electron chi connectivity index (χ0n) is 13.2. The molecule has 1 N–H and O–H groups in total. The van der Waals surface area contributed by atoms with Crippen LogP contribution in [0.2, 0.25) is 0 Å². The lowest BCUT2D eigenvalue weighted by Gasteiger charge is -2.19. The van der Waals surface area contributed by atoms with Gasteiger partial charge in [-0.3, -0.25) is 4.79 Å². The predicted octanol–water partition coefficient (Wildman–Crippen LogP) is 4.50. The van der Waals surface area contributed by atoms with Gasteiger partial charge in [0.2, 0.25) is 0 Å². The van der Waals surface area contributed by atoms with Crippen LogP contribution in [0.5, 0.6) is 5.75 Å². The Kier molecular flexibility index (Phi) is 5.69. The molecular formula is C16H19ClNO4P. The molecule has 0 bridgehead atoms. The van der Waals surface area contributed by atoms with Gasteiger partial charge in [-0.05, 0) is 32.2 Å². The molecule has 0 aromatic heterocycles. The summed E-state index contributed by atoms with van der Waals surface area (Å²) in [5.74, 6) is -0.152. The van der Waals surface area contributed by atoms with E-state index in [1.54, 1.807) is 26.0 Å². The summed E-state index contributed by atoms with van der Waals surface area (Å²) in [6.07, 6.45) is -0.263. The molecule has 0 aliphatic rings. The third-order valence-corrected chi connectivity index (χ3v) is 4.65. The Bertz CT molecular complexity index is 744. The number of hydrogen-bond donors (Lipinski definition) is 1. The number of benzene rings is 2. The van der Waals surface area contributed by atoms with Crippen LogP contribution in [-0.2, 0) is 14.1 Å². The molecule has 2 aromatic carbocycles. The summed E-state index contributed by atoms with van der Waals surface area (Å²) in [6.45, 7) is 1.24. The molecule has 5 nitrogen and oxygen atoms in total. The highest BCUT2D eigenvalue weighted by Crippen LogP contribution is 2.50. The molecule has 0 aliphatic heterocycles. The first-order chi connectivity index (χ1) is 10.8. The van der Waals surface area contributed by atoms with Crippen molar-refractivity contribution in [2.24, 2.45) is 0 Å². The van der Waals surface area contributed by atoms with Gasteiger partial charge in [-0.2, -0.15) is 0 Å². The van der Waals surface area contributed by atoms with Crippen LogP contribution in [0.3, 0.4) is 0 Å². The van der Waals surface area contributed by atoms with Crippen molar-refractivity contribution >= 4 is 34.9 Å². The fourth-order valence-corrected chi connectivity index (χ4v) is 3.74. The lowest BCUT2D eigenvalue weighted by atomic mass is 10.1. The Labute approximate surface area is 140 Å². The van der Waals surface area contributed by atoms with Gasteiger partial charge in [0.1, 0.15) is 11.8 Å². The Hall–Kier alpha value is -1.55. The second-order valence-electron chi connectivity index (χ2n) is 5.38. The summed E-state index contributed by atoms with van der Waals surface area (Å²) in [5.41, 5.74) is 0. The monoisotopic (exact) mass is 355 g/mol. The summed E-state index contributed by atoms with van der Waals surface area (Å²) in [5, 5.41) is 4.22. The summed E-state index contributed by atoms with van der Waals surface area (Å²) >= 11 is 5.96. The third kappa shape index (κ3) is 4.96. The van der Waals surface area contributed by atoms with E-state index >= 15 is 0 Å². The number of nitrogens with one attached hydrogen (secondary N) is 1. The molecule has 2 atom stereocenters. The highest BCUT2D eigenvalue weighted by molar-refractivity contribution is 7.84. The normalized spacial score (nSPS) is 15.2. The third-order valence-electron chi connectivity index (χ3n) is 3.02. The number of carbonyl (C=O) groups is 1. The van der Waals surface area contributed by atoms with Gasteiger partial charge in [-0.15, -0.1) is 0 Å². The minimum Gasteiger partial charge on any atom is -0.462 e. The van der Waals surface area contributed by atoms with E-state index in [0.29, 0.717) is 5.75 Å². The Morgan fingerprint density at radius 1 is 1.13 bits per heavy atom. The van der Waals surface area contributed by atoms with Gasteiger partial charge < -0.3 is 9.26 Å². The van der Waals surface area contributed by atoms with Crippen molar-refractivity contribution in [1.29, 1.82) is 0 Å². The van der Waals surface area contributed by atoms with Gasteiger partial charge in [0, 0.05) is 16.6 Å². The van der Waals surface area contributed by atoms with Crippen molar-refractivity contribution in [3.63, 3.8) is 0 Å². The van der Waals surface area contributed by atoms with E-state index in [2.05, 4.69) is 5.09 Å².